The Morgan fingerprint density at radius 1 is 1.07 bits per heavy atom. The second-order valence-electron chi connectivity index (χ2n) is 7.75. The molecule has 0 spiro atoms. The van der Waals surface area contributed by atoms with Gasteiger partial charge < -0.3 is 14.2 Å². The van der Waals surface area contributed by atoms with Gasteiger partial charge in [0.25, 0.3) is 11.6 Å². The van der Waals surface area contributed by atoms with Crippen LogP contribution in [0.4, 0.5) is 10.5 Å². The van der Waals surface area contributed by atoms with Crippen molar-refractivity contribution in [2.75, 3.05) is 18.7 Å². The van der Waals surface area contributed by atoms with Gasteiger partial charge in [-0.3, -0.25) is 15.0 Å². The predicted molar refractivity (Wildman–Crippen MR) is 108 cm³/mol. The maximum Gasteiger partial charge on any atom is 0.410 e. The fourth-order valence-electron chi connectivity index (χ4n) is 3.19. The van der Waals surface area contributed by atoms with Gasteiger partial charge in [0.05, 0.1) is 12.3 Å². The number of fused-ring (bicyclic) bond motifs is 1. The molecule has 2 aromatic rings. The Balaban J connectivity index is 2.00. The van der Waals surface area contributed by atoms with Gasteiger partial charge in [0.1, 0.15) is 12.3 Å². The number of ether oxygens (including phenoxy) is 3. The number of amides is 2. The van der Waals surface area contributed by atoms with Crippen LogP contribution in [0.2, 0.25) is 0 Å². The number of nitrogens with zero attached hydrogens (tertiary/aromatic N) is 1. The van der Waals surface area contributed by atoms with E-state index in [9.17, 15) is 9.59 Å². The fourth-order valence-corrected chi connectivity index (χ4v) is 3.19. The number of anilines is 1. The van der Waals surface area contributed by atoms with Crippen LogP contribution in [0.3, 0.4) is 0 Å². The lowest BCUT2D eigenvalue weighted by Gasteiger charge is -2.31. The first-order chi connectivity index (χ1) is 13.8. The normalized spacial score (nSPS) is 18.5. The molecule has 29 heavy (non-hydrogen) atoms. The zero-order chi connectivity index (χ0) is 21.1. The number of methoxy groups -OCH3 is 1. The number of rotatable bonds is 6. The van der Waals surface area contributed by atoms with E-state index in [2.05, 4.69) is 5.32 Å². The Kier molecular flexibility index (Phi) is 5.91. The third kappa shape index (κ3) is 4.41. The standard InChI is InChI=1S/C22H26N2O5/c1-21(2,3)29-20(26)23-22(28-14-16-10-6-5-7-11-16)17-12-8-9-13-18(17)24(15-27-4)19(22)25/h5-13H,14-15H2,1-4H3,(H,23,26)/t22-/m1/s1. The summed E-state index contributed by atoms with van der Waals surface area (Å²) in [6.07, 6.45) is -0.743. The monoisotopic (exact) mass is 398 g/mol. The van der Waals surface area contributed by atoms with E-state index < -0.39 is 23.3 Å². The number of para-hydroxylation sites is 1. The molecule has 0 aliphatic carbocycles. The van der Waals surface area contributed by atoms with E-state index >= 15 is 0 Å². The molecule has 0 radical (unpaired) electrons. The summed E-state index contributed by atoms with van der Waals surface area (Å²) >= 11 is 0. The topological polar surface area (TPSA) is 77.1 Å². The first-order valence-corrected chi connectivity index (χ1v) is 9.36. The van der Waals surface area contributed by atoms with Crippen molar-refractivity contribution in [2.45, 2.75) is 38.7 Å². The number of carbonyl (C=O) groups excluding carboxylic acids is 2. The minimum atomic E-state index is -1.71. The van der Waals surface area contributed by atoms with Crippen LogP contribution in [0.5, 0.6) is 0 Å². The summed E-state index contributed by atoms with van der Waals surface area (Å²) < 4.78 is 16.7. The average Bonchev–Trinajstić information content (AvgIpc) is 2.89. The summed E-state index contributed by atoms with van der Waals surface area (Å²) in [7, 11) is 1.50. The Labute approximate surface area is 170 Å². The number of carbonyl (C=O) groups is 2. The van der Waals surface area contributed by atoms with Crippen molar-refractivity contribution in [1.82, 2.24) is 5.32 Å². The minimum absolute atomic E-state index is 0.0301. The molecule has 7 nitrogen and oxygen atoms in total. The lowest BCUT2D eigenvalue weighted by atomic mass is 10.0. The number of benzene rings is 2. The van der Waals surface area contributed by atoms with Crippen LogP contribution >= 0.6 is 0 Å². The molecule has 7 heteroatoms. The smallest absolute Gasteiger partial charge is 0.410 e. The molecule has 2 aromatic carbocycles. The molecule has 1 aliphatic heterocycles. The highest BCUT2D eigenvalue weighted by molar-refractivity contribution is 6.08. The first kappa shape index (κ1) is 20.8. The number of alkyl carbamates (subject to hydrolysis) is 1. The highest BCUT2D eigenvalue weighted by Crippen LogP contribution is 2.41. The Bertz CT molecular complexity index is 878. The minimum Gasteiger partial charge on any atom is -0.444 e. The maximum atomic E-state index is 13.4. The van der Waals surface area contributed by atoms with Crippen molar-refractivity contribution in [3.63, 3.8) is 0 Å². The average molecular weight is 398 g/mol. The van der Waals surface area contributed by atoms with Gasteiger partial charge in [-0.2, -0.15) is 0 Å². The van der Waals surface area contributed by atoms with Crippen LogP contribution in [-0.2, 0) is 31.3 Å². The Hall–Kier alpha value is -2.90. The van der Waals surface area contributed by atoms with Crippen molar-refractivity contribution >= 4 is 17.7 Å². The summed E-state index contributed by atoms with van der Waals surface area (Å²) in [5.41, 5.74) is -0.425. The second kappa shape index (κ2) is 8.23. The van der Waals surface area contributed by atoms with Gasteiger partial charge >= 0.3 is 6.09 Å². The van der Waals surface area contributed by atoms with Gasteiger partial charge in [0, 0.05) is 12.7 Å². The second-order valence-corrected chi connectivity index (χ2v) is 7.75. The molecule has 0 saturated carbocycles. The predicted octanol–water partition coefficient (Wildman–Crippen LogP) is 3.53. The first-order valence-electron chi connectivity index (χ1n) is 9.36. The van der Waals surface area contributed by atoms with E-state index in [1.165, 1.54) is 12.0 Å². The number of hydrogen-bond donors (Lipinski definition) is 1. The van der Waals surface area contributed by atoms with Crippen LogP contribution in [0.15, 0.2) is 54.6 Å². The molecule has 1 heterocycles. The molecular formula is C22H26N2O5. The zero-order valence-electron chi connectivity index (χ0n) is 17.1. The zero-order valence-corrected chi connectivity index (χ0v) is 17.1. The Morgan fingerprint density at radius 3 is 2.38 bits per heavy atom. The summed E-state index contributed by atoms with van der Waals surface area (Å²) in [5.74, 6) is -0.442. The van der Waals surface area contributed by atoms with Gasteiger partial charge in [-0.25, -0.2) is 4.79 Å². The molecular weight excluding hydrogens is 372 g/mol. The molecule has 1 atom stereocenters. The van der Waals surface area contributed by atoms with Crippen LogP contribution in [-0.4, -0.2) is 31.4 Å². The molecule has 0 saturated heterocycles. The van der Waals surface area contributed by atoms with Crippen molar-refractivity contribution in [2.24, 2.45) is 0 Å². The van der Waals surface area contributed by atoms with Crippen molar-refractivity contribution in [3.8, 4) is 0 Å². The van der Waals surface area contributed by atoms with Gasteiger partial charge in [-0.1, -0.05) is 48.5 Å². The van der Waals surface area contributed by atoms with Crippen molar-refractivity contribution < 1.29 is 23.8 Å². The van der Waals surface area contributed by atoms with Gasteiger partial charge in [0.2, 0.25) is 0 Å². The summed E-state index contributed by atoms with van der Waals surface area (Å²) in [4.78, 5) is 27.5. The van der Waals surface area contributed by atoms with E-state index in [1.54, 1.807) is 39.0 Å². The van der Waals surface area contributed by atoms with Crippen LogP contribution in [0.1, 0.15) is 31.9 Å². The molecule has 0 unspecified atom stereocenters. The summed E-state index contributed by atoms with van der Waals surface area (Å²) in [6.45, 7) is 5.42. The van der Waals surface area contributed by atoms with Crippen LogP contribution in [0, 0.1) is 0 Å². The highest BCUT2D eigenvalue weighted by atomic mass is 16.6. The van der Waals surface area contributed by atoms with E-state index in [0.29, 0.717) is 11.3 Å². The maximum absolute atomic E-state index is 13.4. The Morgan fingerprint density at radius 2 is 1.72 bits per heavy atom. The third-order valence-corrected chi connectivity index (χ3v) is 4.35. The molecule has 154 valence electrons. The summed E-state index contributed by atoms with van der Waals surface area (Å²) in [5, 5.41) is 2.68. The lowest BCUT2D eigenvalue weighted by Crippen LogP contribution is -2.55. The lowest BCUT2D eigenvalue weighted by molar-refractivity contribution is -0.152. The van der Waals surface area contributed by atoms with Gasteiger partial charge in [-0.15, -0.1) is 0 Å². The van der Waals surface area contributed by atoms with Gasteiger partial charge in [0.15, 0.2) is 0 Å². The van der Waals surface area contributed by atoms with Crippen molar-refractivity contribution in [3.05, 3.63) is 65.7 Å². The summed E-state index contributed by atoms with van der Waals surface area (Å²) in [6, 6.07) is 16.6. The molecule has 3 rings (SSSR count). The fraction of sp³-hybridized carbons (Fsp3) is 0.364. The molecule has 1 N–H and O–H groups in total. The molecule has 0 bridgehead atoms. The largest absolute Gasteiger partial charge is 0.444 e. The number of nitrogens with one attached hydrogen (secondary N) is 1. The molecule has 0 fully saturated rings. The third-order valence-electron chi connectivity index (χ3n) is 4.35. The van der Waals surface area contributed by atoms with E-state index in [1.807, 2.05) is 36.4 Å². The molecule has 1 aliphatic rings. The molecule has 0 aromatic heterocycles. The SMILES string of the molecule is COCN1C(=O)[C@](NC(=O)OC(C)(C)C)(OCc2ccccc2)c2ccccc21. The van der Waals surface area contributed by atoms with Crippen LogP contribution < -0.4 is 10.2 Å². The highest BCUT2D eigenvalue weighted by Gasteiger charge is 2.54. The van der Waals surface area contributed by atoms with E-state index in [-0.39, 0.29) is 13.3 Å². The van der Waals surface area contributed by atoms with E-state index in [4.69, 9.17) is 14.2 Å². The van der Waals surface area contributed by atoms with Crippen LogP contribution in [0.25, 0.3) is 0 Å². The molecule has 2 amide bonds. The number of hydrogen-bond acceptors (Lipinski definition) is 5. The van der Waals surface area contributed by atoms with E-state index in [0.717, 1.165) is 5.56 Å². The quantitative estimate of drug-likeness (QED) is 0.754. The van der Waals surface area contributed by atoms with Crippen molar-refractivity contribution in [1.29, 1.82) is 0 Å². The van der Waals surface area contributed by atoms with Gasteiger partial charge in [-0.05, 0) is 32.4 Å².